The molecule has 0 radical (unpaired) electrons. The normalized spacial score (nSPS) is 12.1. The maximum atomic E-state index is 9.87. The molecule has 1 atom stereocenters. The predicted molar refractivity (Wildman–Crippen MR) is 66.9 cm³/mol. The molecule has 88 valence electrons. The molecule has 0 bridgehead atoms. The summed E-state index contributed by atoms with van der Waals surface area (Å²) in [5.41, 5.74) is 2.74. The minimum absolute atomic E-state index is 0.00148. The zero-order chi connectivity index (χ0) is 12.3. The predicted octanol–water partition coefficient (Wildman–Crippen LogP) is 2.66. The van der Waals surface area contributed by atoms with E-state index < -0.39 is 0 Å². The second-order valence-corrected chi connectivity index (χ2v) is 4.06. The first-order chi connectivity index (χ1) is 8.16. The Kier molecular flexibility index (Phi) is 3.23. The van der Waals surface area contributed by atoms with Crippen LogP contribution in [0.4, 0.5) is 5.69 Å². The Labute approximate surface area is 100 Å². The fourth-order valence-electron chi connectivity index (χ4n) is 1.72. The van der Waals surface area contributed by atoms with Gasteiger partial charge in [-0.05, 0) is 25.5 Å². The van der Waals surface area contributed by atoms with Crippen LogP contribution in [-0.2, 0) is 0 Å². The highest BCUT2D eigenvalue weighted by Gasteiger charge is 2.10. The van der Waals surface area contributed by atoms with Crippen LogP contribution in [0.1, 0.15) is 24.1 Å². The number of benzene rings is 1. The number of nitrogens with one attached hydrogen (secondary N) is 1. The van der Waals surface area contributed by atoms with Gasteiger partial charge in [-0.25, -0.2) is 9.97 Å². The van der Waals surface area contributed by atoms with Crippen molar-refractivity contribution < 1.29 is 5.11 Å². The van der Waals surface area contributed by atoms with Crippen molar-refractivity contribution in [3.05, 3.63) is 48.0 Å². The second-order valence-electron chi connectivity index (χ2n) is 4.06. The molecule has 1 aromatic heterocycles. The van der Waals surface area contributed by atoms with E-state index >= 15 is 0 Å². The number of hydrogen-bond acceptors (Lipinski definition) is 4. The topological polar surface area (TPSA) is 58.0 Å². The molecule has 0 aliphatic carbocycles. The van der Waals surface area contributed by atoms with Crippen LogP contribution in [-0.4, -0.2) is 15.1 Å². The molecular formula is C13H15N3O. The van der Waals surface area contributed by atoms with E-state index in [1.807, 2.05) is 26.0 Å². The number of phenols is 1. The molecule has 2 N–H and O–H groups in total. The SMILES string of the molecule is Cc1ccc(C(C)Nc2cncnc2)c(O)c1. The summed E-state index contributed by atoms with van der Waals surface area (Å²) >= 11 is 0. The molecule has 0 amide bonds. The van der Waals surface area contributed by atoms with Crippen LogP contribution >= 0.6 is 0 Å². The Balaban J connectivity index is 2.17. The number of rotatable bonds is 3. The fourth-order valence-corrected chi connectivity index (χ4v) is 1.72. The minimum Gasteiger partial charge on any atom is -0.508 e. The van der Waals surface area contributed by atoms with Crippen LogP contribution in [0.3, 0.4) is 0 Å². The third-order valence-corrected chi connectivity index (χ3v) is 2.60. The third kappa shape index (κ3) is 2.72. The summed E-state index contributed by atoms with van der Waals surface area (Å²) in [6.45, 7) is 3.93. The molecule has 0 fully saturated rings. The molecule has 0 aliphatic heterocycles. The Hall–Kier alpha value is -2.10. The van der Waals surface area contributed by atoms with Gasteiger partial charge in [0.05, 0.1) is 24.1 Å². The molecule has 4 nitrogen and oxygen atoms in total. The molecule has 2 rings (SSSR count). The van der Waals surface area contributed by atoms with Crippen molar-refractivity contribution in [2.45, 2.75) is 19.9 Å². The van der Waals surface area contributed by atoms with Gasteiger partial charge >= 0.3 is 0 Å². The summed E-state index contributed by atoms with van der Waals surface area (Å²) in [4.78, 5) is 7.86. The first-order valence-electron chi connectivity index (χ1n) is 5.48. The van der Waals surface area contributed by atoms with E-state index in [-0.39, 0.29) is 6.04 Å². The van der Waals surface area contributed by atoms with Crippen LogP contribution in [0, 0.1) is 6.92 Å². The number of nitrogens with zero attached hydrogens (tertiary/aromatic N) is 2. The Morgan fingerprint density at radius 1 is 1.24 bits per heavy atom. The number of anilines is 1. The second kappa shape index (κ2) is 4.82. The van der Waals surface area contributed by atoms with Gasteiger partial charge in [0.2, 0.25) is 0 Å². The number of aromatic nitrogens is 2. The van der Waals surface area contributed by atoms with Crippen LogP contribution in [0.5, 0.6) is 5.75 Å². The van der Waals surface area contributed by atoms with Crippen LogP contribution in [0.25, 0.3) is 0 Å². The van der Waals surface area contributed by atoms with Crippen molar-refractivity contribution >= 4 is 5.69 Å². The zero-order valence-corrected chi connectivity index (χ0v) is 9.88. The van der Waals surface area contributed by atoms with E-state index in [9.17, 15) is 5.11 Å². The summed E-state index contributed by atoms with van der Waals surface area (Å²) in [5.74, 6) is 0.307. The number of phenolic OH excluding ortho intramolecular Hbond substituents is 1. The van der Waals surface area contributed by atoms with Gasteiger partial charge in [0.15, 0.2) is 0 Å². The first-order valence-corrected chi connectivity index (χ1v) is 5.48. The molecule has 0 saturated heterocycles. The number of aryl methyl sites for hydroxylation is 1. The lowest BCUT2D eigenvalue weighted by atomic mass is 10.1. The molecule has 17 heavy (non-hydrogen) atoms. The maximum Gasteiger partial charge on any atom is 0.121 e. The maximum absolute atomic E-state index is 9.87. The summed E-state index contributed by atoms with van der Waals surface area (Å²) in [5, 5.41) is 13.1. The monoisotopic (exact) mass is 229 g/mol. The number of aromatic hydroxyl groups is 1. The van der Waals surface area contributed by atoms with Crippen LogP contribution < -0.4 is 5.32 Å². The molecule has 0 aliphatic rings. The number of hydrogen-bond donors (Lipinski definition) is 2. The minimum atomic E-state index is 0.00148. The van der Waals surface area contributed by atoms with Crippen molar-refractivity contribution in [2.24, 2.45) is 0 Å². The average Bonchev–Trinajstić information content (AvgIpc) is 2.30. The van der Waals surface area contributed by atoms with E-state index in [4.69, 9.17) is 0 Å². The summed E-state index contributed by atoms with van der Waals surface area (Å²) in [6.07, 6.45) is 4.89. The van der Waals surface area contributed by atoms with Gasteiger partial charge in [-0.2, -0.15) is 0 Å². The van der Waals surface area contributed by atoms with E-state index in [1.54, 1.807) is 18.5 Å². The largest absolute Gasteiger partial charge is 0.508 e. The van der Waals surface area contributed by atoms with Crippen LogP contribution in [0.2, 0.25) is 0 Å². The van der Waals surface area contributed by atoms with Crippen LogP contribution in [0.15, 0.2) is 36.9 Å². The van der Waals surface area contributed by atoms with Crippen molar-refractivity contribution in [3.8, 4) is 5.75 Å². The third-order valence-electron chi connectivity index (χ3n) is 2.60. The van der Waals surface area contributed by atoms with Crippen molar-refractivity contribution in [3.63, 3.8) is 0 Å². The first kappa shape index (κ1) is 11.4. The molecule has 0 spiro atoms. The standard InChI is InChI=1S/C13H15N3O/c1-9-3-4-12(13(17)5-9)10(2)16-11-6-14-8-15-7-11/h3-8,10,16-17H,1-2H3. The van der Waals surface area contributed by atoms with Gasteiger partial charge in [0.1, 0.15) is 12.1 Å². The van der Waals surface area contributed by atoms with E-state index in [0.29, 0.717) is 5.75 Å². The Morgan fingerprint density at radius 3 is 2.59 bits per heavy atom. The molecule has 4 heteroatoms. The highest BCUT2D eigenvalue weighted by molar-refractivity contribution is 5.45. The van der Waals surface area contributed by atoms with Gasteiger partial charge < -0.3 is 10.4 Å². The molecular weight excluding hydrogens is 214 g/mol. The molecule has 1 heterocycles. The Bertz CT molecular complexity index is 499. The van der Waals surface area contributed by atoms with Crippen molar-refractivity contribution in [1.29, 1.82) is 0 Å². The van der Waals surface area contributed by atoms with Crippen molar-refractivity contribution in [1.82, 2.24) is 9.97 Å². The highest BCUT2D eigenvalue weighted by Crippen LogP contribution is 2.27. The smallest absolute Gasteiger partial charge is 0.121 e. The van der Waals surface area contributed by atoms with Gasteiger partial charge in [-0.15, -0.1) is 0 Å². The van der Waals surface area contributed by atoms with E-state index in [1.165, 1.54) is 6.33 Å². The molecule has 2 aromatic rings. The van der Waals surface area contributed by atoms with Gasteiger partial charge in [0.25, 0.3) is 0 Å². The van der Waals surface area contributed by atoms with Gasteiger partial charge in [-0.3, -0.25) is 0 Å². The quantitative estimate of drug-likeness (QED) is 0.849. The molecule has 0 saturated carbocycles. The van der Waals surface area contributed by atoms with E-state index in [2.05, 4.69) is 15.3 Å². The average molecular weight is 229 g/mol. The summed E-state index contributed by atoms with van der Waals surface area (Å²) in [7, 11) is 0. The van der Waals surface area contributed by atoms with Gasteiger partial charge in [-0.1, -0.05) is 12.1 Å². The lowest BCUT2D eigenvalue weighted by Crippen LogP contribution is -2.07. The van der Waals surface area contributed by atoms with E-state index in [0.717, 1.165) is 16.8 Å². The zero-order valence-electron chi connectivity index (χ0n) is 9.88. The fraction of sp³-hybridized carbons (Fsp3) is 0.231. The summed E-state index contributed by atoms with van der Waals surface area (Å²) in [6, 6.07) is 5.66. The molecule has 1 aromatic carbocycles. The Morgan fingerprint density at radius 2 is 1.94 bits per heavy atom. The molecule has 1 unspecified atom stereocenters. The lowest BCUT2D eigenvalue weighted by Gasteiger charge is -2.16. The van der Waals surface area contributed by atoms with Gasteiger partial charge in [0, 0.05) is 5.56 Å². The summed E-state index contributed by atoms with van der Waals surface area (Å²) < 4.78 is 0. The lowest BCUT2D eigenvalue weighted by molar-refractivity contribution is 0.465. The highest BCUT2D eigenvalue weighted by atomic mass is 16.3. The van der Waals surface area contributed by atoms with Crippen molar-refractivity contribution in [2.75, 3.05) is 5.32 Å².